The molecule has 0 bridgehead atoms. The summed E-state index contributed by atoms with van der Waals surface area (Å²) < 4.78 is 17.1. The third kappa shape index (κ3) is 5.31. The summed E-state index contributed by atoms with van der Waals surface area (Å²) in [5, 5.41) is 3.36. The fourth-order valence-electron chi connectivity index (χ4n) is 4.00. The summed E-state index contributed by atoms with van der Waals surface area (Å²) in [6, 6.07) is 12.2. The fraction of sp³-hybridized carbons (Fsp3) is 0.400. The quantitative estimate of drug-likeness (QED) is 0.547. The Hall–Kier alpha value is -3.17. The average molecular weight is 483 g/mol. The van der Waals surface area contributed by atoms with Crippen LogP contribution in [0, 0.1) is 0 Å². The van der Waals surface area contributed by atoms with Crippen LogP contribution < -0.4 is 14.8 Å². The summed E-state index contributed by atoms with van der Waals surface area (Å²) in [6.45, 7) is 8.58. The second kappa shape index (κ2) is 9.23. The van der Waals surface area contributed by atoms with E-state index in [-0.39, 0.29) is 7.53 Å². The van der Waals surface area contributed by atoms with Crippen molar-refractivity contribution in [1.29, 1.82) is 0 Å². The van der Waals surface area contributed by atoms with E-state index in [4.69, 9.17) is 14.2 Å². The Kier molecular flexibility index (Phi) is 6.14. The van der Waals surface area contributed by atoms with Crippen molar-refractivity contribution in [3.8, 4) is 11.6 Å². The molecule has 5 rings (SSSR count). The van der Waals surface area contributed by atoms with Crippen LogP contribution in [0.15, 0.2) is 42.6 Å². The molecule has 1 N–H and O–H groups in total. The predicted molar refractivity (Wildman–Crippen MR) is 131 cm³/mol. The molecule has 3 aromatic rings. The van der Waals surface area contributed by atoms with Gasteiger partial charge in [-0.2, -0.15) is 0 Å². The number of thiazole rings is 1. The molecule has 2 aliphatic rings. The number of fused-ring (bicyclic) bond motifs is 2. The van der Waals surface area contributed by atoms with Gasteiger partial charge in [-0.3, -0.25) is 10.2 Å². The third-order valence-electron chi connectivity index (χ3n) is 5.56. The summed E-state index contributed by atoms with van der Waals surface area (Å²) in [6.07, 6.45) is 1.93. The van der Waals surface area contributed by atoms with E-state index in [9.17, 15) is 4.79 Å². The first kappa shape index (κ1) is 22.6. The molecule has 0 saturated carbocycles. The fourth-order valence-corrected chi connectivity index (χ4v) is 5.03. The Morgan fingerprint density at radius 2 is 2.12 bits per heavy atom. The number of anilines is 1. The van der Waals surface area contributed by atoms with Gasteiger partial charge in [0.15, 0.2) is 17.0 Å². The summed E-state index contributed by atoms with van der Waals surface area (Å²) in [5.74, 6) is 1.23. The van der Waals surface area contributed by atoms with E-state index >= 15 is 0 Å². The normalized spacial score (nSPS) is 17.7. The molecule has 34 heavy (non-hydrogen) atoms. The standard InChI is InChI=1S/C25H28N4O4S.H2/c1-25(2,3)33-24(30)28-23-27-18-10-12-29(14-21(18)34-23)13-16-6-8-17(9-7-16)20-15-31-19-5-4-11-26-22(19)32-20;/h4-9,11,20H,10,12-15H2,1-3H3,(H,27,28,30);1H/t20-;/m1./s1. The number of amides is 1. The van der Waals surface area contributed by atoms with Crippen LogP contribution in [0.25, 0.3) is 0 Å². The van der Waals surface area contributed by atoms with Crippen LogP contribution in [0.5, 0.6) is 11.6 Å². The van der Waals surface area contributed by atoms with Gasteiger partial charge in [0, 0.05) is 38.6 Å². The van der Waals surface area contributed by atoms with Crippen molar-refractivity contribution in [3.63, 3.8) is 0 Å². The number of rotatable bonds is 4. The molecule has 0 fully saturated rings. The zero-order chi connectivity index (χ0) is 23.7. The first-order chi connectivity index (χ1) is 16.3. The van der Waals surface area contributed by atoms with Crippen LogP contribution in [-0.4, -0.2) is 39.7 Å². The molecule has 180 valence electrons. The second-order valence-corrected chi connectivity index (χ2v) is 10.5. The van der Waals surface area contributed by atoms with Gasteiger partial charge in [-0.25, -0.2) is 14.8 Å². The van der Waals surface area contributed by atoms with Crippen LogP contribution in [0.4, 0.5) is 9.93 Å². The van der Waals surface area contributed by atoms with Gasteiger partial charge in [0.25, 0.3) is 5.88 Å². The molecule has 8 nitrogen and oxygen atoms in total. The molecule has 0 saturated heterocycles. The molecule has 9 heteroatoms. The van der Waals surface area contributed by atoms with E-state index in [0.29, 0.717) is 23.4 Å². The molecule has 0 radical (unpaired) electrons. The Balaban J connectivity index is 0.00000289. The summed E-state index contributed by atoms with van der Waals surface area (Å²) in [4.78, 5) is 24.5. The van der Waals surface area contributed by atoms with E-state index in [0.717, 1.165) is 37.3 Å². The monoisotopic (exact) mass is 482 g/mol. The van der Waals surface area contributed by atoms with Crippen LogP contribution in [0.2, 0.25) is 0 Å². The van der Waals surface area contributed by atoms with Crippen molar-refractivity contribution in [2.24, 2.45) is 0 Å². The van der Waals surface area contributed by atoms with E-state index in [2.05, 4.69) is 44.5 Å². The molecule has 2 aliphatic heterocycles. The first-order valence-corrected chi connectivity index (χ1v) is 12.2. The Morgan fingerprint density at radius 1 is 1.29 bits per heavy atom. The topological polar surface area (TPSA) is 85.8 Å². The van der Waals surface area contributed by atoms with Crippen molar-refractivity contribution in [2.75, 3.05) is 18.5 Å². The minimum Gasteiger partial charge on any atom is -0.484 e. The Labute approximate surface area is 204 Å². The highest BCUT2D eigenvalue weighted by Crippen LogP contribution is 2.34. The van der Waals surface area contributed by atoms with Gasteiger partial charge in [-0.1, -0.05) is 35.6 Å². The van der Waals surface area contributed by atoms with Crippen LogP contribution in [0.1, 0.15) is 50.0 Å². The minimum atomic E-state index is -0.537. The van der Waals surface area contributed by atoms with E-state index in [1.54, 1.807) is 6.20 Å². The second-order valence-electron chi connectivity index (χ2n) is 9.44. The highest BCUT2D eigenvalue weighted by Gasteiger charge is 2.25. The van der Waals surface area contributed by atoms with Crippen molar-refractivity contribution >= 4 is 22.6 Å². The Morgan fingerprint density at radius 3 is 2.91 bits per heavy atom. The maximum atomic E-state index is 12.1. The number of pyridine rings is 1. The summed E-state index contributed by atoms with van der Waals surface area (Å²) >= 11 is 1.52. The lowest BCUT2D eigenvalue weighted by atomic mass is 10.1. The number of aromatic nitrogens is 2. The average Bonchev–Trinajstić information content (AvgIpc) is 3.19. The molecular formula is C25H30N4O4S. The molecule has 1 atom stereocenters. The largest absolute Gasteiger partial charge is 0.484 e. The third-order valence-corrected chi connectivity index (χ3v) is 6.55. The van der Waals surface area contributed by atoms with Gasteiger partial charge < -0.3 is 14.2 Å². The van der Waals surface area contributed by atoms with Gasteiger partial charge in [0.05, 0.1) is 5.69 Å². The lowest BCUT2D eigenvalue weighted by Gasteiger charge is -2.27. The number of hydrogen-bond acceptors (Lipinski definition) is 8. The smallest absolute Gasteiger partial charge is 0.413 e. The zero-order valence-electron chi connectivity index (χ0n) is 19.5. The van der Waals surface area contributed by atoms with Crippen molar-refractivity contribution < 1.29 is 20.4 Å². The molecule has 0 unspecified atom stereocenters. The number of ether oxygens (including phenoxy) is 3. The number of benzene rings is 1. The van der Waals surface area contributed by atoms with Gasteiger partial charge in [0.1, 0.15) is 12.2 Å². The highest BCUT2D eigenvalue weighted by atomic mass is 32.1. The highest BCUT2D eigenvalue weighted by molar-refractivity contribution is 7.15. The van der Waals surface area contributed by atoms with E-state index in [1.165, 1.54) is 21.8 Å². The number of nitrogens with one attached hydrogen (secondary N) is 1. The molecule has 1 amide bonds. The van der Waals surface area contributed by atoms with Gasteiger partial charge in [0.2, 0.25) is 0 Å². The van der Waals surface area contributed by atoms with Gasteiger partial charge >= 0.3 is 6.09 Å². The predicted octanol–water partition coefficient (Wildman–Crippen LogP) is 5.20. The van der Waals surface area contributed by atoms with Crippen LogP contribution >= 0.6 is 11.3 Å². The van der Waals surface area contributed by atoms with Crippen molar-refractivity contribution in [3.05, 3.63) is 64.3 Å². The molecule has 0 spiro atoms. The number of carbonyl (C=O) groups excluding carboxylic acids is 1. The molecule has 2 aromatic heterocycles. The molecular weight excluding hydrogens is 452 g/mol. The molecule has 1 aromatic carbocycles. The summed E-state index contributed by atoms with van der Waals surface area (Å²) in [7, 11) is 0. The molecule has 0 aliphatic carbocycles. The SMILES string of the molecule is CC(C)(C)OC(=O)Nc1nc2c(s1)CN(Cc1ccc([C@H]3COc4cccnc4O3)cc1)CC2.[HH]. The van der Waals surface area contributed by atoms with Crippen LogP contribution in [-0.2, 0) is 24.2 Å². The van der Waals surface area contributed by atoms with Gasteiger partial charge in [-0.15, -0.1) is 0 Å². The molecule has 4 heterocycles. The van der Waals surface area contributed by atoms with E-state index < -0.39 is 11.7 Å². The number of nitrogens with zero attached hydrogens (tertiary/aromatic N) is 3. The minimum absolute atomic E-state index is 0. The number of hydrogen-bond donors (Lipinski definition) is 1. The van der Waals surface area contributed by atoms with Crippen molar-refractivity contribution in [1.82, 2.24) is 14.9 Å². The van der Waals surface area contributed by atoms with E-state index in [1.807, 2.05) is 32.9 Å². The zero-order valence-corrected chi connectivity index (χ0v) is 20.4. The van der Waals surface area contributed by atoms with Gasteiger partial charge in [-0.05, 0) is 44.0 Å². The Bertz CT molecular complexity index is 1180. The maximum absolute atomic E-state index is 12.1. The number of carbonyl (C=O) groups is 1. The van der Waals surface area contributed by atoms with Crippen LogP contribution in [0.3, 0.4) is 0 Å². The first-order valence-electron chi connectivity index (χ1n) is 11.4. The lowest BCUT2D eigenvalue weighted by Crippen LogP contribution is -2.29. The maximum Gasteiger partial charge on any atom is 0.413 e. The lowest BCUT2D eigenvalue weighted by molar-refractivity contribution is 0.0636. The van der Waals surface area contributed by atoms with Crippen molar-refractivity contribution in [2.45, 2.75) is 52.0 Å². The summed E-state index contributed by atoms with van der Waals surface area (Å²) in [5.41, 5.74) is 2.83.